The van der Waals surface area contributed by atoms with E-state index in [1.807, 2.05) is 22.7 Å². The minimum atomic E-state index is 0.675. The molecule has 1 fully saturated rings. The van der Waals surface area contributed by atoms with Crippen LogP contribution in [0.3, 0.4) is 0 Å². The second-order valence-corrected chi connectivity index (χ2v) is 4.48. The van der Waals surface area contributed by atoms with Crippen molar-refractivity contribution in [1.82, 2.24) is 19.9 Å². The monoisotopic (exact) mass is 232 g/mol. The van der Waals surface area contributed by atoms with E-state index in [0.29, 0.717) is 5.92 Å². The van der Waals surface area contributed by atoms with E-state index in [1.165, 1.54) is 6.42 Å². The smallest absolute Gasteiger partial charge is 0.161 e. The van der Waals surface area contributed by atoms with Gasteiger partial charge in [0.05, 0.1) is 13.3 Å². The fourth-order valence-corrected chi connectivity index (χ4v) is 2.33. The number of nitrogens with one attached hydrogen (secondary N) is 1. The number of aromatic nitrogens is 3. The van der Waals surface area contributed by atoms with E-state index in [2.05, 4.69) is 15.5 Å². The number of pyridine rings is 1. The molecule has 1 atom stereocenters. The van der Waals surface area contributed by atoms with Crippen molar-refractivity contribution in [1.29, 1.82) is 0 Å². The lowest BCUT2D eigenvalue weighted by molar-refractivity contribution is 0.412. The molecule has 1 aliphatic rings. The second-order valence-electron chi connectivity index (χ2n) is 4.48. The van der Waals surface area contributed by atoms with Crippen LogP contribution in [0.4, 0.5) is 0 Å². The Morgan fingerprint density at radius 2 is 2.41 bits per heavy atom. The average molecular weight is 232 g/mol. The van der Waals surface area contributed by atoms with Gasteiger partial charge >= 0.3 is 0 Å². The van der Waals surface area contributed by atoms with Crippen LogP contribution in [0.2, 0.25) is 0 Å². The van der Waals surface area contributed by atoms with Crippen LogP contribution in [0.15, 0.2) is 18.3 Å². The van der Waals surface area contributed by atoms with Gasteiger partial charge in [0, 0.05) is 6.42 Å². The first-order valence-electron chi connectivity index (χ1n) is 5.95. The lowest BCUT2D eigenvalue weighted by Gasteiger charge is -2.07. The summed E-state index contributed by atoms with van der Waals surface area (Å²) in [5.74, 6) is 2.53. The van der Waals surface area contributed by atoms with Gasteiger partial charge in [0.25, 0.3) is 0 Å². The molecule has 90 valence electrons. The fraction of sp³-hybridized carbons (Fsp3) is 0.500. The summed E-state index contributed by atoms with van der Waals surface area (Å²) >= 11 is 0. The number of ether oxygens (including phenoxy) is 1. The van der Waals surface area contributed by atoms with Crippen molar-refractivity contribution in [3.05, 3.63) is 24.2 Å². The molecule has 5 heteroatoms. The minimum absolute atomic E-state index is 0.675. The Hall–Kier alpha value is -1.62. The predicted octanol–water partition coefficient (Wildman–Crippen LogP) is 0.890. The number of methoxy groups -OCH3 is 1. The van der Waals surface area contributed by atoms with Gasteiger partial charge in [-0.1, -0.05) is 0 Å². The van der Waals surface area contributed by atoms with Gasteiger partial charge in [-0.25, -0.2) is 0 Å². The molecule has 3 heterocycles. The summed E-state index contributed by atoms with van der Waals surface area (Å²) in [5.41, 5.74) is 0.881. The van der Waals surface area contributed by atoms with Crippen LogP contribution >= 0.6 is 0 Å². The molecule has 0 radical (unpaired) electrons. The number of fused-ring (bicyclic) bond motifs is 1. The number of hydrogen-bond donors (Lipinski definition) is 1. The van der Waals surface area contributed by atoms with Gasteiger partial charge in [-0.3, -0.25) is 4.40 Å². The topological polar surface area (TPSA) is 51.5 Å². The first-order valence-corrected chi connectivity index (χ1v) is 5.95. The molecule has 2 aromatic heterocycles. The predicted molar refractivity (Wildman–Crippen MR) is 64.2 cm³/mol. The summed E-state index contributed by atoms with van der Waals surface area (Å²) in [7, 11) is 1.67. The molecule has 1 N–H and O–H groups in total. The molecule has 0 aliphatic carbocycles. The van der Waals surface area contributed by atoms with Gasteiger partial charge in [-0.15, -0.1) is 10.2 Å². The Kier molecular flexibility index (Phi) is 2.68. The van der Waals surface area contributed by atoms with Gasteiger partial charge in [0.1, 0.15) is 11.6 Å². The lowest BCUT2D eigenvalue weighted by atomic mass is 10.1. The third-order valence-electron chi connectivity index (χ3n) is 3.32. The van der Waals surface area contributed by atoms with Crippen LogP contribution < -0.4 is 10.1 Å². The summed E-state index contributed by atoms with van der Waals surface area (Å²) in [5, 5.41) is 11.8. The number of hydrogen-bond acceptors (Lipinski definition) is 4. The van der Waals surface area contributed by atoms with Crippen molar-refractivity contribution in [3.8, 4) is 5.75 Å². The molecule has 0 saturated carbocycles. The zero-order chi connectivity index (χ0) is 11.7. The summed E-state index contributed by atoms with van der Waals surface area (Å²) in [6, 6.07) is 3.84. The van der Waals surface area contributed by atoms with E-state index in [9.17, 15) is 0 Å². The zero-order valence-corrected chi connectivity index (χ0v) is 9.89. The lowest BCUT2D eigenvalue weighted by Crippen LogP contribution is -2.12. The maximum absolute atomic E-state index is 5.23. The van der Waals surface area contributed by atoms with E-state index in [-0.39, 0.29) is 0 Å². The third kappa shape index (κ3) is 1.98. The fourth-order valence-electron chi connectivity index (χ4n) is 2.33. The Balaban J connectivity index is 1.92. The molecule has 2 aromatic rings. The number of rotatable bonds is 3. The summed E-state index contributed by atoms with van der Waals surface area (Å²) in [6.45, 7) is 2.20. The van der Waals surface area contributed by atoms with Crippen LogP contribution in [-0.2, 0) is 6.42 Å². The molecule has 3 rings (SSSR count). The van der Waals surface area contributed by atoms with Crippen LogP contribution in [0.25, 0.3) is 5.65 Å². The van der Waals surface area contributed by atoms with Gasteiger partial charge in [0.2, 0.25) is 0 Å². The highest BCUT2D eigenvalue weighted by atomic mass is 16.5. The Morgan fingerprint density at radius 3 is 3.18 bits per heavy atom. The van der Waals surface area contributed by atoms with E-state index in [4.69, 9.17) is 4.74 Å². The van der Waals surface area contributed by atoms with Crippen molar-refractivity contribution in [2.45, 2.75) is 12.8 Å². The molecule has 5 nitrogen and oxygen atoms in total. The number of nitrogens with zero attached hydrogens (tertiary/aromatic N) is 3. The van der Waals surface area contributed by atoms with Crippen LogP contribution in [0, 0.1) is 5.92 Å². The van der Waals surface area contributed by atoms with E-state index in [0.717, 1.165) is 36.7 Å². The SMILES string of the molecule is COc1ccc2nnc(CC3CCNC3)n2c1. The molecule has 1 unspecified atom stereocenters. The molecule has 0 aromatic carbocycles. The Labute approximate surface area is 99.8 Å². The molecule has 1 aliphatic heterocycles. The largest absolute Gasteiger partial charge is 0.495 e. The van der Waals surface area contributed by atoms with Crippen molar-refractivity contribution >= 4 is 5.65 Å². The van der Waals surface area contributed by atoms with Crippen molar-refractivity contribution in [2.75, 3.05) is 20.2 Å². The van der Waals surface area contributed by atoms with Crippen LogP contribution in [0.1, 0.15) is 12.2 Å². The normalized spacial score (nSPS) is 19.9. The van der Waals surface area contributed by atoms with Crippen LogP contribution in [0.5, 0.6) is 5.75 Å². The zero-order valence-electron chi connectivity index (χ0n) is 9.89. The van der Waals surface area contributed by atoms with E-state index in [1.54, 1.807) is 7.11 Å². The summed E-state index contributed by atoms with van der Waals surface area (Å²) in [6.07, 6.45) is 4.15. The third-order valence-corrected chi connectivity index (χ3v) is 3.32. The van der Waals surface area contributed by atoms with Crippen molar-refractivity contribution < 1.29 is 4.74 Å². The maximum Gasteiger partial charge on any atom is 0.161 e. The first kappa shape index (κ1) is 10.5. The molecule has 1 saturated heterocycles. The highest BCUT2D eigenvalue weighted by molar-refractivity contribution is 5.41. The second kappa shape index (κ2) is 4.33. The van der Waals surface area contributed by atoms with Gasteiger partial charge in [-0.05, 0) is 37.6 Å². The molecule has 17 heavy (non-hydrogen) atoms. The standard InChI is InChI=1S/C12H16N4O/c1-17-10-2-3-11-14-15-12(16(11)8-10)6-9-4-5-13-7-9/h2-3,8-9,13H,4-7H2,1H3. The molecule has 0 bridgehead atoms. The van der Waals surface area contributed by atoms with Crippen LogP contribution in [-0.4, -0.2) is 34.8 Å². The molecule has 0 spiro atoms. The maximum atomic E-state index is 5.23. The molecular formula is C12H16N4O. The van der Waals surface area contributed by atoms with E-state index >= 15 is 0 Å². The summed E-state index contributed by atoms with van der Waals surface area (Å²) < 4.78 is 7.25. The van der Waals surface area contributed by atoms with E-state index < -0.39 is 0 Å². The quantitative estimate of drug-likeness (QED) is 0.854. The highest BCUT2D eigenvalue weighted by Crippen LogP contribution is 2.17. The Morgan fingerprint density at radius 1 is 1.47 bits per heavy atom. The van der Waals surface area contributed by atoms with Gasteiger partial charge in [-0.2, -0.15) is 0 Å². The Bertz CT molecular complexity index is 516. The molecule has 0 amide bonds. The van der Waals surface area contributed by atoms with Crippen molar-refractivity contribution in [2.24, 2.45) is 5.92 Å². The van der Waals surface area contributed by atoms with Gasteiger partial charge < -0.3 is 10.1 Å². The minimum Gasteiger partial charge on any atom is -0.495 e. The summed E-state index contributed by atoms with van der Waals surface area (Å²) in [4.78, 5) is 0. The van der Waals surface area contributed by atoms with Crippen molar-refractivity contribution in [3.63, 3.8) is 0 Å². The highest BCUT2D eigenvalue weighted by Gasteiger charge is 2.18. The van der Waals surface area contributed by atoms with Gasteiger partial charge in [0.15, 0.2) is 5.65 Å². The molecular weight excluding hydrogens is 216 g/mol. The average Bonchev–Trinajstić information content (AvgIpc) is 2.99. The first-order chi connectivity index (χ1) is 8.36.